The first-order valence-corrected chi connectivity index (χ1v) is 7.00. The van der Waals surface area contributed by atoms with Gasteiger partial charge in [0.15, 0.2) is 5.60 Å². The van der Waals surface area contributed by atoms with Crippen molar-refractivity contribution < 1.29 is 14.6 Å². The zero-order chi connectivity index (χ0) is 11.6. The molecule has 5 heteroatoms. The van der Waals surface area contributed by atoms with Crippen molar-refractivity contribution in [2.45, 2.75) is 28.9 Å². The topological polar surface area (TPSA) is 46.5 Å². The van der Waals surface area contributed by atoms with E-state index in [0.717, 1.165) is 0 Å². The average molecular weight is 258 g/mol. The Labute approximate surface area is 103 Å². The van der Waals surface area contributed by atoms with Crippen LogP contribution in [0.15, 0.2) is 23.0 Å². The van der Waals surface area contributed by atoms with Gasteiger partial charge in [-0.05, 0) is 23.7 Å². The predicted octanol–water partition coefficient (Wildman–Crippen LogP) is 1.93. The lowest BCUT2D eigenvalue weighted by molar-refractivity contribution is -0.162. The summed E-state index contributed by atoms with van der Waals surface area (Å²) in [5.41, 5.74) is -1.39. The molecule has 0 saturated carbocycles. The van der Waals surface area contributed by atoms with Crippen molar-refractivity contribution in [1.29, 1.82) is 0 Å². The van der Waals surface area contributed by atoms with Crippen molar-refractivity contribution in [1.82, 2.24) is 0 Å². The molecule has 2 rings (SSSR count). The van der Waals surface area contributed by atoms with Gasteiger partial charge < -0.3 is 9.84 Å². The number of allylic oxidation sites excluding steroid dienone is 2. The summed E-state index contributed by atoms with van der Waals surface area (Å²) in [5.74, 6) is -0.519. The Morgan fingerprint density at radius 2 is 1.81 bits per heavy atom. The van der Waals surface area contributed by atoms with Crippen LogP contribution in [0.25, 0.3) is 0 Å². The summed E-state index contributed by atoms with van der Waals surface area (Å²) in [5, 5.41) is 14.3. The van der Waals surface area contributed by atoms with Crippen molar-refractivity contribution in [3.8, 4) is 0 Å². The number of hydrogen-bond donors (Lipinski definition) is 1. The summed E-state index contributed by atoms with van der Waals surface area (Å²) in [6.45, 7) is 0. The molecular weight excluding hydrogens is 244 g/mol. The molecule has 0 fully saturated rings. The average Bonchev–Trinajstić information content (AvgIpc) is 2.98. The van der Waals surface area contributed by atoms with E-state index in [0.29, 0.717) is 12.8 Å². The molecule has 0 aromatic heterocycles. The quantitative estimate of drug-likeness (QED) is 0.784. The van der Waals surface area contributed by atoms with Gasteiger partial charge in [-0.3, -0.25) is 0 Å². The van der Waals surface area contributed by atoms with E-state index in [-0.39, 0.29) is 10.5 Å². The Balaban J connectivity index is 2.20. The number of aliphatic hydroxyl groups is 1. The fraction of sp³-hybridized carbons (Fsp3) is 0.545. The maximum absolute atomic E-state index is 11.9. The molecule has 2 aliphatic rings. The molecule has 0 bridgehead atoms. The zero-order valence-corrected chi connectivity index (χ0v) is 10.6. The second kappa shape index (κ2) is 4.85. The van der Waals surface area contributed by atoms with Crippen LogP contribution in [0.5, 0.6) is 0 Å². The van der Waals surface area contributed by atoms with E-state index in [9.17, 15) is 9.90 Å². The fourth-order valence-electron chi connectivity index (χ4n) is 1.97. The van der Waals surface area contributed by atoms with Gasteiger partial charge in [-0.15, -0.1) is 23.5 Å². The van der Waals surface area contributed by atoms with Gasteiger partial charge in [0.25, 0.3) is 0 Å². The normalized spacial score (nSPS) is 31.6. The van der Waals surface area contributed by atoms with Crippen LogP contribution >= 0.6 is 23.5 Å². The molecule has 0 aromatic carbocycles. The first-order valence-electron chi connectivity index (χ1n) is 5.11. The van der Waals surface area contributed by atoms with Crippen molar-refractivity contribution in [2.24, 2.45) is 0 Å². The third-order valence-electron chi connectivity index (χ3n) is 2.87. The maximum Gasteiger partial charge on any atom is 0.340 e. The smallest absolute Gasteiger partial charge is 0.340 e. The Morgan fingerprint density at radius 1 is 1.31 bits per heavy atom. The monoisotopic (exact) mass is 258 g/mol. The Bertz CT molecular complexity index is 300. The second-order valence-corrected chi connectivity index (χ2v) is 6.01. The summed E-state index contributed by atoms with van der Waals surface area (Å²) in [6.07, 6.45) is 5.40. The number of thioether (sulfide) groups is 2. The number of carbonyl (C=O) groups excluding carboxylic acids is 1. The van der Waals surface area contributed by atoms with Gasteiger partial charge in [0.1, 0.15) is 0 Å². The highest BCUT2D eigenvalue weighted by Crippen LogP contribution is 2.43. The lowest BCUT2D eigenvalue weighted by Crippen LogP contribution is -2.55. The molecule has 0 amide bonds. The van der Waals surface area contributed by atoms with Crippen LogP contribution in [-0.2, 0) is 9.53 Å². The molecule has 0 radical (unpaired) electrons. The molecule has 2 atom stereocenters. The molecule has 1 N–H and O–H groups in total. The Hall–Kier alpha value is -0.390. The van der Waals surface area contributed by atoms with E-state index in [1.165, 1.54) is 30.6 Å². The van der Waals surface area contributed by atoms with Gasteiger partial charge in [0, 0.05) is 0 Å². The predicted molar refractivity (Wildman–Crippen MR) is 67.2 cm³/mol. The molecule has 2 unspecified atom stereocenters. The molecule has 2 heterocycles. The first kappa shape index (κ1) is 12.1. The van der Waals surface area contributed by atoms with Gasteiger partial charge in [-0.25, -0.2) is 4.79 Å². The van der Waals surface area contributed by atoms with Crippen molar-refractivity contribution in [3.63, 3.8) is 0 Å². The number of carbonyl (C=O) groups is 1. The van der Waals surface area contributed by atoms with E-state index in [1.54, 1.807) is 0 Å². The number of methoxy groups -OCH3 is 1. The number of esters is 1. The minimum absolute atomic E-state index is 0.127. The Kier molecular flexibility index (Phi) is 3.66. The highest BCUT2D eigenvalue weighted by molar-refractivity contribution is 8.04. The van der Waals surface area contributed by atoms with Crippen LogP contribution in [0.3, 0.4) is 0 Å². The molecule has 0 aromatic rings. The number of ether oxygens (including phenoxy) is 1. The minimum Gasteiger partial charge on any atom is -0.467 e. The van der Waals surface area contributed by atoms with Crippen LogP contribution in [0.1, 0.15) is 12.8 Å². The number of hydrogen-bond acceptors (Lipinski definition) is 5. The van der Waals surface area contributed by atoms with Crippen LogP contribution < -0.4 is 0 Å². The van der Waals surface area contributed by atoms with E-state index >= 15 is 0 Å². The van der Waals surface area contributed by atoms with Crippen LogP contribution in [-0.4, -0.2) is 34.3 Å². The summed E-state index contributed by atoms with van der Waals surface area (Å²) < 4.78 is 4.77. The molecule has 2 aliphatic heterocycles. The molecule has 3 nitrogen and oxygen atoms in total. The molecule has 88 valence electrons. The molecule has 0 aliphatic carbocycles. The van der Waals surface area contributed by atoms with Gasteiger partial charge in [0.05, 0.1) is 17.6 Å². The summed E-state index contributed by atoms with van der Waals surface area (Å²) >= 11 is 3.01. The highest BCUT2D eigenvalue weighted by atomic mass is 32.2. The van der Waals surface area contributed by atoms with Crippen LogP contribution in [0.2, 0.25) is 0 Å². The van der Waals surface area contributed by atoms with Gasteiger partial charge in [-0.2, -0.15) is 0 Å². The lowest BCUT2D eigenvalue weighted by atomic mass is 9.91. The van der Waals surface area contributed by atoms with Crippen LogP contribution in [0, 0.1) is 0 Å². The second-order valence-electron chi connectivity index (χ2n) is 3.78. The first-order chi connectivity index (χ1) is 7.69. The standard InChI is InChI=1S/C11H14O3S2/c1-14-10(12)11(13,8-4-2-6-15-8)9-5-3-7-16-9/h2-3,6-9,13H,4-5H2,1H3. The van der Waals surface area contributed by atoms with E-state index in [1.807, 2.05) is 23.0 Å². The number of rotatable bonds is 3. The van der Waals surface area contributed by atoms with E-state index in [2.05, 4.69) is 0 Å². The Morgan fingerprint density at radius 3 is 2.12 bits per heavy atom. The van der Waals surface area contributed by atoms with Crippen molar-refractivity contribution in [3.05, 3.63) is 23.0 Å². The SMILES string of the molecule is COC(=O)C(O)(C1CC=CS1)C1CC=CS1. The van der Waals surface area contributed by atoms with Crippen LogP contribution in [0.4, 0.5) is 0 Å². The van der Waals surface area contributed by atoms with E-state index in [4.69, 9.17) is 4.74 Å². The maximum atomic E-state index is 11.9. The summed E-state index contributed by atoms with van der Waals surface area (Å²) in [4.78, 5) is 11.9. The summed E-state index contributed by atoms with van der Waals surface area (Å²) in [6, 6.07) is 0. The minimum atomic E-state index is -1.39. The van der Waals surface area contributed by atoms with E-state index < -0.39 is 11.6 Å². The molecule has 16 heavy (non-hydrogen) atoms. The molecular formula is C11H14O3S2. The third kappa shape index (κ3) is 1.92. The van der Waals surface area contributed by atoms with Crippen molar-refractivity contribution >= 4 is 29.5 Å². The van der Waals surface area contributed by atoms with Gasteiger partial charge in [0.2, 0.25) is 0 Å². The summed E-state index contributed by atoms with van der Waals surface area (Å²) in [7, 11) is 1.33. The largest absolute Gasteiger partial charge is 0.467 e. The molecule has 0 spiro atoms. The van der Waals surface area contributed by atoms with Gasteiger partial charge in [-0.1, -0.05) is 12.2 Å². The van der Waals surface area contributed by atoms with Gasteiger partial charge >= 0.3 is 5.97 Å². The lowest BCUT2D eigenvalue weighted by Gasteiger charge is -2.35. The zero-order valence-electron chi connectivity index (χ0n) is 8.96. The molecule has 0 saturated heterocycles. The third-order valence-corrected chi connectivity index (χ3v) is 5.33. The highest BCUT2D eigenvalue weighted by Gasteiger charge is 2.52. The van der Waals surface area contributed by atoms with Crippen molar-refractivity contribution in [2.75, 3.05) is 7.11 Å². The fourth-order valence-corrected chi connectivity index (χ4v) is 4.26.